The molecule has 0 radical (unpaired) electrons. The third kappa shape index (κ3) is 4.44. The van der Waals surface area contributed by atoms with Crippen LogP contribution in [0.5, 0.6) is 0 Å². The number of benzene rings is 1. The zero-order chi connectivity index (χ0) is 20.9. The molecule has 1 aliphatic rings. The van der Waals surface area contributed by atoms with Crippen molar-refractivity contribution >= 4 is 28.8 Å². The maximum atomic E-state index is 13.1. The second-order valence-electron chi connectivity index (χ2n) is 7.48. The number of carbonyl (C=O) groups excluding carboxylic acids is 2. The number of nitrogens with one attached hydrogen (secondary N) is 2. The van der Waals surface area contributed by atoms with Gasteiger partial charge in [0.05, 0.1) is 5.52 Å². The highest BCUT2D eigenvalue weighted by Gasteiger charge is 2.21. The van der Waals surface area contributed by atoms with Crippen molar-refractivity contribution < 1.29 is 9.59 Å². The van der Waals surface area contributed by atoms with E-state index in [-0.39, 0.29) is 5.91 Å². The molecular formula is C22H26N6O2. The van der Waals surface area contributed by atoms with Crippen LogP contribution < -0.4 is 16.4 Å². The van der Waals surface area contributed by atoms with Crippen LogP contribution in [0.3, 0.4) is 0 Å². The van der Waals surface area contributed by atoms with E-state index in [9.17, 15) is 9.59 Å². The molecule has 1 aliphatic heterocycles. The Bertz CT molecular complexity index is 1040. The van der Waals surface area contributed by atoms with Crippen LogP contribution in [0.15, 0.2) is 48.7 Å². The lowest BCUT2D eigenvalue weighted by atomic mass is 10.1. The zero-order valence-corrected chi connectivity index (χ0v) is 16.8. The molecule has 30 heavy (non-hydrogen) atoms. The van der Waals surface area contributed by atoms with E-state index in [1.54, 1.807) is 22.8 Å². The number of aromatic nitrogens is 2. The first-order chi connectivity index (χ1) is 14.6. The highest BCUT2D eigenvalue weighted by molar-refractivity contribution is 6.07. The van der Waals surface area contributed by atoms with Crippen LogP contribution in [0.1, 0.15) is 40.0 Å². The highest BCUT2D eigenvalue weighted by Crippen LogP contribution is 2.25. The molecule has 0 saturated carbocycles. The summed E-state index contributed by atoms with van der Waals surface area (Å²) in [6, 6.07) is 12.7. The van der Waals surface area contributed by atoms with Gasteiger partial charge >= 0.3 is 0 Å². The number of primary amides is 1. The zero-order valence-electron chi connectivity index (χ0n) is 16.8. The molecule has 0 unspecified atom stereocenters. The molecule has 0 atom stereocenters. The number of nitrogens with zero attached hydrogens (tertiary/aromatic N) is 3. The summed E-state index contributed by atoms with van der Waals surface area (Å²) in [6.45, 7) is 3.53. The molecule has 1 fully saturated rings. The summed E-state index contributed by atoms with van der Waals surface area (Å²) < 4.78 is 1.58. The van der Waals surface area contributed by atoms with E-state index in [1.165, 1.54) is 19.3 Å². The fourth-order valence-electron chi connectivity index (χ4n) is 3.77. The van der Waals surface area contributed by atoms with E-state index in [0.29, 0.717) is 29.0 Å². The molecule has 2 aromatic heterocycles. The quantitative estimate of drug-likeness (QED) is 0.559. The Morgan fingerprint density at radius 1 is 1.07 bits per heavy atom. The number of nitrogens with two attached hydrogens (primary N) is 1. The second kappa shape index (κ2) is 8.96. The maximum absolute atomic E-state index is 13.1. The van der Waals surface area contributed by atoms with Gasteiger partial charge in [0.15, 0.2) is 5.82 Å². The van der Waals surface area contributed by atoms with Gasteiger partial charge < -0.3 is 21.3 Å². The number of anilines is 2. The molecule has 3 heterocycles. The molecule has 1 aromatic carbocycles. The van der Waals surface area contributed by atoms with Crippen LogP contribution in [0.2, 0.25) is 0 Å². The van der Waals surface area contributed by atoms with Crippen molar-refractivity contribution in [1.29, 1.82) is 0 Å². The van der Waals surface area contributed by atoms with Crippen molar-refractivity contribution in [3.63, 3.8) is 0 Å². The van der Waals surface area contributed by atoms with Gasteiger partial charge in [-0.3, -0.25) is 9.59 Å². The third-order valence-corrected chi connectivity index (χ3v) is 5.35. The van der Waals surface area contributed by atoms with Crippen molar-refractivity contribution in [3.8, 4) is 0 Å². The van der Waals surface area contributed by atoms with Crippen LogP contribution in [-0.4, -0.2) is 52.5 Å². The number of carbonyl (C=O) groups is 2. The number of para-hydroxylation sites is 1. The van der Waals surface area contributed by atoms with E-state index < -0.39 is 5.91 Å². The van der Waals surface area contributed by atoms with Gasteiger partial charge in [0.25, 0.3) is 5.91 Å². The fourth-order valence-corrected chi connectivity index (χ4v) is 3.77. The summed E-state index contributed by atoms with van der Waals surface area (Å²) >= 11 is 0. The van der Waals surface area contributed by atoms with Crippen molar-refractivity contribution in [2.75, 3.05) is 31.5 Å². The van der Waals surface area contributed by atoms with Crippen molar-refractivity contribution in [3.05, 3.63) is 59.8 Å². The average Bonchev–Trinajstić information content (AvgIpc) is 3.12. The first kappa shape index (κ1) is 19.9. The number of hydrogen-bond donors (Lipinski definition) is 3. The number of fused-ring (bicyclic) bond motifs is 1. The number of pyridine rings is 1. The Morgan fingerprint density at radius 2 is 1.83 bits per heavy atom. The van der Waals surface area contributed by atoms with Crippen LogP contribution in [-0.2, 0) is 0 Å². The minimum absolute atomic E-state index is 0.234. The molecule has 1 saturated heterocycles. The van der Waals surface area contributed by atoms with Gasteiger partial charge in [-0.05, 0) is 50.2 Å². The summed E-state index contributed by atoms with van der Waals surface area (Å²) in [6.07, 6.45) is 5.34. The molecule has 8 heteroatoms. The number of hydrogen-bond acceptors (Lipinski definition) is 5. The van der Waals surface area contributed by atoms with Gasteiger partial charge in [-0.1, -0.05) is 24.6 Å². The summed E-state index contributed by atoms with van der Waals surface area (Å²) in [7, 11) is 0. The smallest absolute Gasteiger partial charge is 0.257 e. The van der Waals surface area contributed by atoms with Gasteiger partial charge in [0.1, 0.15) is 5.56 Å². The molecule has 8 nitrogen and oxygen atoms in total. The van der Waals surface area contributed by atoms with E-state index in [4.69, 9.17) is 5.73 Å². The van der Waals surface area contributed by atoms with Gasteiger partial charge in [-0.25, -0.2) is 4.52 Å². The van der Waals surface area contributed by atoms with Crippen LogP contribution in [0.4, 0.5) is 11.5 Å². The van der Waals surface area contributed by atoms with Crippen LogP contribution >= 0.6 is 0 Å². The second-order valence-corrected chi connectivity index (χ2v) is 7.48. The fraction of sp³-hybridized carbons (Fsp3) is 0.318. The summed E-state index contributed by atoms with van der Waals surface area (Å²) in [4.78, 5) is 27.1. The van der Waals surface area contributed by atoms with Gasteiger partial charge in [-0.2, -0.15) is 0 Å². The van der Waals surface area contributed by atoms with E-state index >= 15 is 0 Å². The molecular weight excluding hydrogens is 380 g/mol. The molecule has 4 N–H and O–H groups in total. The molecule has 156 valence electrons. The monoisotopic (exact) mass is 406 g/mol. The average molecular weight is 406 g/mol. The Hall–Kier alpha value is -3.39. The Morgan fingerprint density at radius 3 is 2.57 bits per heavy atom. The minimum atomic E-state index is -0.548. The lowest BCUT2D eigenvalue weighted by molar-refractivity contribution is 0.0947. The first-order valence-corrected chi connectivity index (χ1v) is 10.3. The van der Waals surface area contributed by atoms with E-state index in [0.717, 1.165) is 25.3 Å². The third-order valence-electron chi connectivity index (χ3n) is 5.35. The number of piperidine rings is 1. The van der Waals surface area contributed by atoms with Gasteiger partial charge in [0.2, 0.25) is 5.91 Å². The standard InChI is InChI=1S/C22H26N6O2/c23-20(29)16-9-13-28-18(15-16)19(21(26-28)25-17-7-3-1-4-8-17)22(30)24-10-14-27-11-5-2-6-12-27/h1,3-4,7-9,13,15H,2,5-6,10-12,14H2,(H2,23,29)(H,24,30)(H,25,26). The van der Waals surface area contributed by atoms with Crippen LogP contribution in [0, 0.1) is 0 Å². The lowest BCUT2D eigenvalue weighted by Crippen LogP contribution is -2.37. The molecule has 0 aliphatic carbocycles. The molecule has 0 bridgehead atoms. The maximum Gasteiger partial charge on any atom is 0.257 e. The van der Waals surface area contributed by atoms with E-state index in [1.807, 2.05) is 30.3 Å². The predicted octanol–water partition coefficient (Wildman–Crippen LogP) is 2.39. The largest absolute Gasteiger partial charge is 0.366 e. The molecule has 4 rings (SSSR count). The molecule has 3 aromatic rings. The SMILES string of the molecule is NC(=O)c1ccn2nc(Nc3ccccc3)c(C(=O)NCCN3CCCCC3)c2c1. The summed E-state index contributed by atoms with van der Waals surface area (Å²) in [5.41, 5.74) is 7.50. The normalized spacial score (nSPS) is 14.5. The summed E-state index contributed by atoms with van der Waals surface area (Å²) in [5, 5.41) is 10.7. The van der Waals surface area contributed by atoms with Gasteiger partial charge in [0, 0.05) is 30.5 Å². The van der Waals surface area contributed by atoms with Crippen molar-refractivity contribution in [2.45, 2.75) is 19.3 Å². The predicted molar refractivity (Wildman–Crippen MR) is 116 cm³/mol. The van der Waals surface area contributed by atoms with E-state index in [2.05, 4.69) is 20.6 Å². The number of rotatable bonds is 7. The molecule has 2 amide bonds. The van der Waals surface area contributed by atoms with Crippen LogP contribution in [0.25, 0.3) is 5.52 Å². The summed E-state index contributed by atoms with van der Waals surface area (Å²) in [5.74, 6) is -0.354. The Labute approximate surface area is 175 Å². The van der Waals surface area contributed by atoms with Gasteiger partial charge in [-0.15, -0.1) is 5.10 Å². The molecule has 0 spiro atoms. The first-order valence-electron chi connectivity index (χ1n) is 10.3. The Kier molecular flexibility index (Phi) is 5.94. The van der Waals surface area contributed by atoms with Crippen molar-refractivity contribution in [1.82, 2.24) is 19.8 Å². The topological polar surface area (TPSA) is 105 Å². The lowest BCUT2D eigenvalue weighted by Gasteiger charge is -2.26. The number of amides is 2. The minimum Gasteiger partial charge on any atom is -0.366 e. The number of likely N-dealkylation sites (tertiary alicyclic amines) is 1. The highest BCUT2D eigenvalue weighted by atomic mass is 16.2. The van der Waals surface area contributed by atoms with Crippen molar-refractivity contribution in [2.24, 2.45) is 5.73 Å². The Balaban J connectivity index is 1.60.